The molecular weight excluding hydrogens is 258 g/mol. The maximum absolute atomic E-state index is 11.4. The van der Waals surface area contributed by atoms with Crippen LogP contribution in [0.1, 0.15) is 29.8 Å². The number of terminal acetylenes is 1. The Kier molecular flexibility index (Phi) is 4.99. The van der Waals surface area contributed by atoms with Gasteiger partial charge in [-0.1, -0.05) is 0 Å². The quantitative estimate of drug-likeness (QED) is 0.660. The molecule has 0 aliphatic heterocycles. The summed E-state index contributed by atoms with van der Waals surface area (Å²) in [6, 6.07) is 3.31. The molecule has 1 heterocycles. The van der Waals surface area contributed by atoms with E-state index < -0.39 is 0 Å². The summed E-state index contributed by atoms with van der Waals surface area (Å²) in [7, 11) is 0. The number of unbranched alkanes of at least 4 members (excludes halogenated alkanes) is 2. The van der Waals surface area contributed by atoms with Gasteiger partial charge in [-0.2, -0.15) is 0 Å². The van der Waals surface area contributed by atoms with Crippen LogP contribution >= 0.6 is 15.9 Å². The number of hydrogen-bond donors (Lipinski definition) is 1. The molecule has 0 aliphatic rings. The Morgan fingerprint density at radius 1 is 1.53 bits per heavy atom. The minimum atomic E-state index is -0.193. The first-order valence-corrected chi connectivity index (χ1v) is 5.50. The minimum absolute atomic E-state index is 0.193. The summed E-state index contributed by atoms with van der Waals surface area (Å²) >= 11 is 3.13. The van der Waals surface area contributed by atoms with Crippen LogP contribution in [0, 0.1) is 12.3 Å². The summed E-state index contributed by atoms with van der Waals surface area (Å²) in [6.07, 6.45) is 7.67. The molecule has 0 fully saturated rings. The average molecular weight is 270 g/mol. The van der Waals surface area contributed by atoms with Gasteiger partial charge in [-0.25, -0.2) is 0 Å². The monoisotopic (exact) mass is 269 g/mol. The molecule has 3 nitrogen and oxygen atoms in total. The van der Waals surface area contributed by atoms with Crippen LogP contribution in [0.15, 0.2) is 21.2 Å². The van der Waals surface area contributed by atoms with Crippen LogP contribution < -0.4 is 5.32 Å². The van der Waals surface area contributed by atoms with E-state index in [4.69, 9.17) is 10.8 Å². The summed E-state index contributed by atoms with van der Waals surface area (Å²) < 4.78 is 5.65. The second kappa shape index (κ2) is 6.31. The third kappa shape index (κ3) is 4.22. The fourth-order valence-corrected chi connectivity index (χ4v) is 1.38. The van der Waals surface area contributed by atoms with Crippen molar-refractivity contribution in [3.63, 3.8) is 0 Å². The molecule has 0 saturated carbocycles. The Labute approximate surface area is 97.4 Å². The normalized spacial score (nSPS) is 9.60. The van der Waals surface area contributed by atoms with E-state index in [1.165, 1.54) is 0 Å². The van der Waals surface area contributed by atoms with E-state index in [1.807, 2.05) is 0 Å². The maximum Gasteiger partial charge on any atom is 0.287 e. The highest BCUT2D eigenvalue weighted by Gasteiger charge is 2.08. The first-order valence-electron chi connectivity index (χ1n) is 4.71. The number of nitrogens with one attached hydrogen (secondary N) is 1. The number of furan rings is 1. The first-order chi connectivity index (χ1) is 7.24. The van der Waals surface area contributed by atoms with E-state index in [0.717, 1.165) is 19.3 Å². The Morgan fingerprint density at radius 3 is 2.93 bits per heavy atom. The predicted octanol–water partition coefficient (Wildman–Crippen LogP) is 2.58. The largest absolute Gasteiger partial charge is 0.444 e. The summed E-state index contributed by atoms with van der Waals surface area (Å²) in [5.41, 5.74) is 0. The zero-order valence-electron chi connectivity index (χ0n) is 8.25. The van der Waals surface area contributed by atoms with Crippen LogP contribution in [-0.2, 0) is 0 Å². The van der Waals surface area contributed by atoms with E-state index in [2.05, 4.69) is 27.2 Å². The van der Waals surface area contributed by atoms with Crippen molar-refractivity contribution in [3.05, 3.63) is 22.6 Å². The molecule has 80 valence electrons. The van der Waals surface area contributed by atoms with Crippen LogP contribution in [0.25, 0.3) is 0 Å². The Balaban J connectivity index is 2.23. The molecular formula is C11H12BrNO2. The van der Waals surface area contributed by atoms with Crippen molar-refractivity contribution in [2.24, 2.45) is 0 Å². The van der Waals surface area contributed by atoms with Gasteiger partial charge in [0.25, 0.3) is 5.91 Å². The third-order valence-corrected chi connectivity index (χ3v) is 2.26. The van der Waals surface area contributed by atoms with Gasteiger partial charge < -0.3 is 9.73 Å². The molecule has 0 spiro atoms. The molecule has 0 saturated heterocycles. The smallest absolute Gasteiger partial charge is 0.287 e. The average Bonchev–Trinajstić information content (AvgIpc) is 2.64. The molecule has 1 N–H and O–H groups in total. The van der Waals surface area contributed by atoms with Gasteiger partial charge in [0.1, 0.15) is 0 Å². The van der Waals surface area contributed by atoms with Gasteiger partial charge in [0.2, 0.25) is 0 Å². The number of halogens is 1. The molecule has 4 heteroatoms. The summed E-state index contributed by atoms with van der Waals surface area (Å²) in [5.74, 6) is 2.68. The molecule has 15 heavy (non-hydrogen) atoms. The number of carbonyl (C=O) groups excluding carboxylic acids is 1. The lowest BCUT2D eigenvalue weighted by Gasteiger charge is -2.01. The molecule has 0 radical (unpaired) electrons. The van der Waals surface area contributed by atoms with Gasteiger partial charge in [-0.3, -0.25) is 4.79 Å². The first kappa shape index (κ1) is 11.9. The van der Waals surface area contributed by atoms with Crippen LogP contribution in [0.4, 0.5) is 0 Å². The fraction of sp³-hybridized carbons (Fsp3) is 0.364. The van der Waals surface area contributed by atoms with Crippen LogP contribution in [0.5, 0.6) is 0 Å². The van der Waals surface area contributed by atoms with Gasteiger partial charge in [0.15, 0.2) is 10.4 Å². The van der Waals surface area contributed by atoms with Crippen molar-refractivity contribution in [2.45, 2.75) is 19.3 Å². The molecule has 0 aromatic carbocycles. The third-order valence-electron chi connectivity index (χ3n) is 1.83. The van der Waals surface area contributed by atoms with Crippen molar-refractivity contribution in [2.75, 3.05) is 6.54 Å². The Bertz CT molecular complexity index is 365. The molecule has 1 rings (SSSR count). The van der Waals surface area contributed by atoms with Crippen molar-refractivity contribution < 1.29 is 9.21 Å². The van der Waals surface area contributed by atoms with Crippen molar-refractivity contribution >= 4 is 21.8 Å². The van der Waals surface area contributed by atoms with Crippen LogP contribution in [-0.4, -0.2) is 12.5 Å². The van der Waals surface area contributed by atoms with Crippen molar-refractivity contribution in [3.8, 4) is 12.3 Å². The topological polar surface area (TPSA) is 42.2 Å². The highest BCUT2D eigenvalue weighted by Crippen LogP contribution is 2.13. The second-order valence-corrected chi connectivity index (χ2v) is 3.80. The highest BCUT2D eigenvalue weighted by atomic mass is 79.9. The lowest BCUT2D eigenvalue weighted by Crippen LogP contribution is -2.23. The Morgan fingerprint density at radius 2 is 2.33 bits per heavy atom. The van der Waals surface area contributed by atoms with Gasteiger partial charge in [0.05, 0.1) is 0 Å². The number of carbonyl (C=O) groups is 1. The lowest BCUT2D eigenvalue weighted by atomic mass is 10.2. The molecule has 1 amide bonds. The van der Waals surface area contributed by atoms with E-state index in [9.17, 15) is 4.79 Å². The fourth-order valence-electron chi connectivity index (χ4n) is 1.08. The number of rotatable bonds is 5. The molecule has 0 aliphatic carbocycles. The number of hydrogen-bond acceptors (Lipinski definition) is 2. The van der Waals surface area contributed by atoms with E-state index in [-0.39, 0.29) is 5.91 Å². The zero-order valence-corrected chi connectivity index (χ0v) is 9.84. The van der Waals surface area contributed by atoms with Crippen molar-refractivity contribution in [1.82, 2.24) is 5.32 Å². The summed E-state index contributed by atoms with van der Waals surface area (Å²) in [6.45, 7) is 0.624. The minimum Gasteiger partial charge on any atom is -0.444 e. The van der Waals surface area contributed by atoms with Crippen LogP contribution in [0.3, 0.4) is 0 Å². The van der Waals surface area contributed by atoms with Crippen LogP contribution in [0.2, 0.25) is 0 Å². The van der Waals surface area contributed by atoms with E-state index in [1.54, 1.807) is 12.1 Å². The standard InChI is InChI=1S/C11H12BrNO2/c1-2-3-4-5-8-13-11(14)9-6-7-10(12)15-9/h1,6-7H,3-5,8H2,(H,13,14). The Hall–Kier alpha value is -1.21. The second-order valence-electron chi connectivity index (χ2n) is 3.02. The molecule has 1 aromatic rings. The summed E-state index contributed by atoms with van der Waals surface area (Å²) in [4.78, 5) is 11.4. The molecule has 0 unspecified atom stereocenters. The van der Waals surface area contributed by atoms with Gasteiger partial charge >= 0.3 is 0 Å². The highest BCUT2D eigenvalue weighted by molar-refractivity contribution is 9.10. The SMILES string of the molecule is C#CCCCCNC(=O)c1ccc(Br)o1. The number of amides is 1. The maximum atomic E-state index is 11.4. The van der Waals surface area contributed by atoms with Crippen molar-refractivity contribution in [1.29, 1.82) is 0 Å². The van der Waals surface area contributed by atoms with Gasteiger partial charge in [-0.05, 0) is 40.9 Å². The summed E-state index contributed by atoms with van der Waals surface area (Å²) in [5, 5.41) is 2.75. The van der Waals surface area contributed by atoms with Gasteiger partial charge in [0, 0.05) is 13.0 Å². The van der Waals surface area contributed by atoms with E-state index in [0.29, 0.717) is 17.0 Å². The lowest BCUT2D eigenvalue weighted by molar-refractivity contribution is 0.0924. The zero-order chi connectivity index (χ0) is 11.1. The molecule has 0 atom stereocenters. The molecule has 1 aromatic heterocycles. The molecule has 0 bridgehead atoms. The van der Waals surface area contributed by atoms with Gasteiger partial charge in [-0.15, -0.1) is 12.3 Å². The predicted molar refractivity (Wildman–Crippen MR) is 61.4 cm³/mol. The van der Waals surface area contributed by atoms with E-state index >= 15 is 0 Å².